The molecule has 1 fully saturated rings. The van der Waals surface area contributed by atoms with Crippen molar-refractivity contribution in [1.82, 2.24) is 5.32 Å². The summed E-state index contributed by atoms with van der Waals surface area (Å²) in [6.07, 6.45) is 1.66. The molecule has 1 saturated heterocycles. The molecule has 3 heteroatoms. The molecule has 3 nitrogen and oxygen atoms in total. The number of methoxy groups -OCH3 is 1. The van der Waals surface area contributed by atoms with Crippen LogP contribution in [0.25, 0.3) is 0 Å². The molecule has 1 atom stereocenters. The van der Waals surface area contributed by atoms with Crippen LogP contribution in [0.3, 0.4) is 0 Å². The Labute approximate surface area is 56.0 Å². The van der Waals surface area contributed by atoms with E-state index in [0.29, 0.717) is 6.10 Å². The van der Waals surface area contributed by atoms with E-state index in [1.165, 1.54) is 6.42 Å². The average molecular weight is 133 g/mol. The molecule has 0 radical (unpaired) electrons. The Hall–Kier alpha value is -0.120. The smallest absolute Gasteiger partial charge is 0.0707 e. The van der Waals surface area contributed by atoms with Crippen molar-refractivity contribution in [3.05, 3.63) is 0 Å². The summed E-state index contributed by atoms with van der Waals surface area (Å²) in [6, 6.07) is 0. The normalized spacial score (nSPS) is 25.0. The molecule has 0 aromatic carbocycles. The molecule has 0 aliphatic carbocycles. The molecule has 1 heterocycles. The van der Waals surface area contributed by atoms with Crippen molar-refractivity contribution in [3.8, 4) is 0 Å². The van der Waals surface area contributed by atoms with Crippen molar-refractivity contribution in [2.45, 2.75) is 12.5 Å². The molecule has 1 aliphatic heterocycles. The zero-order valence-corrected chi connectivity index (χ0v) is 6.05. The van der Waals surface area contributed by atoms with Gasteiger partial charge in [-0.25, -0.2) is 0 Å². The van der Waals surface area contributed by atoms with Crippen LogP contribution in [-0.2, 0) is 4.74 Å². The van der Waals surface area contributed by atoms with E-state index in [1.807, 2.05) is 0 Å². The topological polar surface area (TPSA) is 41.5 Å². The van der Waals surface area contributed by atoms with Gasteiger partial charge in [0, 0.05) is 20.8 Å². The van der Waals surface area contributed by atoms with E-state index in [9.17, 15) is 0 Å². The first-order valence-electron chi connectivity index (χ1n) is 3.11. The fraction of sp³-hybridized carbons (Fsp3) is 1.00. The third-order valence-corrected chi connectivity index (χ3v) is 1.35. The van der Waals surface area contributed by atoms with Crippen molar-refractivity contribution in [2.24, 2.45) is 0 Å². The molecule has 0 bridgehead atoms. The highest BCUT2D eigenvalue weighted by Gasteiger charge is 2.11. The van der Waals surface area contributed by atoms with Crippen LogP contribution in [0.4, 0.5) is 0 Å². The van der Waals surface area contributed by atoms with Gasteiger partial charge in [-0.3, -0.25) is 0 Å². The first-order valence-corrected chi connectivity index (χ1v) is 3.11. The standard InChI is InChI=1S/C5H11NO.CH4O/c1-7-5-2-3-6-4-5;1-2/h5-6H,2-4H2,1H3;2H,1H3. The minimum atomic E-state index is 0.486. The first-order chi connectivity index (χ1) is 4.43. The SMILES string of the molecule is CO.COC1CCNC1. The monoisotopic (exact) mass is 133 g/mol. The number of aliphatic hydroxyl groups excluding tert-OH is 1. The van der Waals surface area contributed by atoms with Gasteiger partial charge >= 0.3 is 0 Å². The van der Waals surface area contributed by atoms with Crippen molar-refractivity contribution in [2.75, 3.05) is 27.3 Å². The maximum absolute atomic E-state index is 7.00. The maximum atomic E-state index is 7.00. The number of rotatable bonds is 1. The minimum Gasteiger partial charge on any atom is -0.400 e. The summed E-state index contributed by atoms with van der Waals surface area (Å²) in [7, 11) is 2.76. The Morgan fingerprint density at radius 2 is 2.22 bits per heavy atom. The summed E-state index contributed by atoms with van der Waals surface area (Å²) in [5.74, 6) is 0. The number of nitrogens with one attached hydrogen (secondary N) is 1. The second-order valence-electron chi connectivity index (χ2n) is 1.85. The first kappa shape index (κ1) is 8.88. The number of ether oxygens (including phenoxy) is 1. The van der Waals surface area contributed by atoms with Gasteiger partial charge in [0.15, 0.2) is 0 Å². The maximum Gasteiger partial charge on any atom is 0.0707 e. The molecule has 1 aliphatic rings. The lowest BCUT2D eigenvalue weighted by Crippen LogP contribution is -2.14. The van der Waals surface area contributed by atoms with E-state index in [4.69, 9.17) is 9.84 Å². The van der Waals surface area contributed by atoms with Gasteiger partial charge in [0.1, 0.15) is 0 Å². The summed E-state index contributed by atoms with van der Waals surface area (Å²) < 4.78 is 5.05. The Balaban J connectivity index is 0.000000291. The molecule has 1 unspecified atom stereocenters. The van der Waals surface area contributed by atoms with Crippen LogP contribution in [0.1, 0.15) is 6.42 Å². The van der Waals surface area contributed by atoms with Gasteiger partial charge in [0.25, 0.3) is 0 Å². The van der Waals surface area contributed by atoms with Gasteiger partial charge in [0.05, 0.1) is 6.10 Å². The lowest BCUT2D eigenvalue weighted by Gasteiger charge is -2.01. The predicted octanol–water partition coefficient (Wildman–Crippen LogP) is -0.397. The quantitative estimate of drug-likeness (QED) is 0.511. The van der Waals surface area contributed by atoms with E-state index < -0.39 is 0 Å². The van der Waals surface area contributed by atoms with Crippen LogP contribution >= 0.6 is 0 Å². The van der Waals surface area contributed by atoms with E-state index in [2.05, 4.69) is 5.32 Å². The Morgan fingerprint density at radius 3 is 2.44 bits per heavy atom. The van der Waals surface area contributed by atoms with Gasteiger partial charge in [0.2, 0.25) is 0 Å². The molecular weight excluding hydrogens is 118 g/mol. The number of aliphatic hydroxyl groups is 1. The van der Waals surface area contributed by atoms with E-state index in [0.717, 1.165) is 20.2 Å². The third-order valence-electron chi connectivity index (χ3n) is 1.35. The highest BCUT2D eigenvalue weighted by atomic mass is 16.5. The van der Waals surface area contributed by atoms with Crippen molar-refractivity contribution < 1.29 is 9.84 Å². The van der Waals surface area contributed by atoms with Gasteiger partial charge in [-0.05, 0) is 13.0 Å². The molecule has 56 valence electrons. The molecule has 2 N–H and O–H groups in total. The van der Waals surface area contributed by atoms with Crippen molar-refractivity contribution in [3.63, 3.8) is 0 Å². The summed E-state index contributed by atoms with van der Waals surface area (Å²) >= 11 is 0. The Kier molecular flexibility index (Phi) is 5.93. The molecule has 1 rings (SSSR count). The molecule has 0 aromatic heterocycles. The van der Waals surface area contributed by atoms with E-state index in [-0.39, 0.29) is 0 Å². The fourth-order valence-corrected chi connectivity index (χ4v) is 0.829. The summed E-state index contributed by atoms with van der Waals surface area (Å²) in [5.41, 5.74) is 0. The minimum absolute atomic E-state index is 0.486. The lowest BCUT2D eigenvalue weighted by molar-refractivity contribution is 0.119. The molecule has 0 amide bonds. The molecular formula is C6H15NO2. The zero-order valence-electron chi connectivity index (χ0n) is 6.05. The second kappa shape index (κ2) is 6.01. The average Bonchev–Trinajstić information content (AvgIpc) is 2.43. The van der Waals surface area contributed by atoms with Crippen LogP contribution in [0.5, 0.6) is 0 Å². The van der Waals surface area contributed by atoms with Crippen LogP contribution < -0.4 is 5.32 Å². The number of hydrogen-bond donors (Lipinski definition) is 2. The summed E-state index contributed by atoms with van der Waals surface area (Å²) in [5, 5.41) is 10.2. The van der Waals surface area contributed by atoms with Gasteiger partial charge in [-0.2, -0.15) is 0 Å². The summed E-state index contributed by atoms with van der Waals surface area (Å²) in [4.78, 5) is 0. The van der Waals surface area contributed by atoms with Crippen LogP contribution in [-0.4, -0.2) is 38.5 Å². The molecule has 0 spiro atoms. The van der Waals surface area contributed by atoms with Crippen molar-refractivity contribution in [1.29, 1.82) is 0 Å². The third kappa shape index (κ3) is 3.46. The second-order valence-corrected chi connectivity index (χ2v) is 1.85. The van der Waals surface area contributed by atoms with E-state index in [1.54, 1.807) is 7.11 Å². The fourth-order valence-electron chi connectivity index (χ4n) is 0.829. The Morgan fingerprint density at radius 1 is 1.56 bits per heavy atom. The summed E-state index contributed by atoms with van der Waals surface area (Å²) in [6.45, 7) is 2.16. The van der Waals surface area contributed by atoms with Crippen LogP contribution in [0, 0.1) is 0 Å². The van der Waals surface area contributed by atoms with E-state index >= 15 is 0 Å². The zero-order chi connectivity index (χ0) is 7.11. The molecule has 0 saturated carbocycles. The van der Waals surface area contributed by atoms with Gasteiger partial charge in [-0.1, -0.05) is 0 Å². The van der Waals surface area contributed by atoms with Crippen molar-refractivity contribution >= 4 is 0 Å². The highest BCUT2D eigenvalue weighted by Crippen LogP contribution is 1.99. The highest BCUT2D eigenvalue weighted by molar-refractivity contribution is 4.69. The largest absolute Gasteiger partial charge is 0.400 e. The predicted molar refractivity (Wildman–Crippen MR) is 36.4 cm³/mol. The molecule has 0 aromatic rings. The molecule has 9 heavy (non-hydrogen) atoms. The van der Waals surface area contributed by atoms with Gasteiger partial charge < -0.3 is 15.2 Å². The number of hydrogen-bond acceptors (Lipinski definition) is 3. The Bertz CT molecular complexity index is 53.0. The lowest BCUT2D eigenvalue weighted by atomic mass is 10.3. The van der Waals surface area contributed by atoms with Gasteiger partial charge in [-0.15, -0.1) is 0 Å². The van der Waals surface area contributed by atoms with Crippen LogP contribution in [0.2, 0.25) is 0 Å². The van der Waals surface area contributed by atoms with Crippen LogP contribution in [0.15, 0.2) is 0 Å².